The third kappa shape index (κ3) is 3.23. The number of anilines is 1. The highest BCUT2D eigenvalue weighted by Gasteiger charge is 2.28. The molecule has 0 aliphatic rings. The Morgan fingerprint density at radius 2 is 1.90 bits per heavy atom. The van der Waals surface area contributed by atoms with Gasteiger partial charge in [-0.15, -0.1) is 5.10 Å². The summed E-state index contributed by atoms with van der Waals surface area (Å²) in [5, 5.41) is 12.3. The quantitative estimate of drug-likeness (QED) is 0.537. The molecule has 0 saturated heterocycles. The number of aryl methyl sites for hydroxylation is 2. The molecule has 0 spiro atoms. The molecule has 1 unspecified atom stereocenters. The lowest BCUT2D eigenvalue weighted by atomic mass is 10.2. The average molecular weight is 410 g/mol. The molecule has 7 nitrogen and oxygen atoms in total. The molecule has 1 atom stereocenters. The van der Waals surface area contributed by atoms with E-state index in [1.54, 1.807) is 19.1 Å². The van der Waals surface area contributed by atoms with E-state index in [-0.39, 0.29) is 21.6 Å². The van der Waals surface area contributed by atoms with Gasteiger partial charge in [0.05, 0.1) is 10.4 Å². The van der Waals surface area contributed by atoms with Crippen LogP contribution in [0.1, 0.15) is 31.4 Å². The summed E-state index contributed by atoms with van der Waals surface area (Å²) in [6.07, 6.45) is 0.909. The van der Waals surface area contributed by atoms with Crippen LogP contribution >= 0.6 is 0 Å². The predicted molar refractivity (Wildman–Crippen MR) is 113 cm³/mol. The van der Waals surface area contributed by atoms with E-state index in [1.165, 1.54) is 4.52 Å². The second-order valence-electron chi connectivity index (χ2n) is 7.33. The Morgan fingerprint density at radius 3 is 2.66 bits per heavy atom. The second kappa shape index (κ2) is 7.11. The number of benzene rings is 2. The molecule has 0 fully saturated rings. The molecule has 2 aromatic heterocycles. The number of sulfone groups is 1. The van der Waals surface area contributed by atoms with Crippen molar-refractivity contribution < 1.29 is 8.42 Å². The van der Waals surface area contributed by atoms with E-state index in [2.05, 4.69) is 34.5 Å². The van der Waals surface area contributed by atoms with Crippen LogP contribution in [0.25, 0.3) is 16.6 Å². The number of aromatic nitrogens is 4. The van der Waals surface area contributed by atoms with Gasteiger partial charge < -0.3 is 5.32 Å². The third-order valence-electron chi connectivity index (χ3n) is 5.11. The maximum Gasteiger partial charge on any atom is 0.229 e. The standard InChI is InChI=1S/C21H23N5O2S/c1-5-15(4)22-19-16-8-6-7-9-17(16)26-20(23-19)21(24-25-26)29(27,28)18-12-13(2)10-11-14(18)3/h6-12,15H,5H2,1-4H3,(H,22,23). The van der Waals surface area contributed by atoms with Gasteiger partial charge in [0, 0.05) is 11.4 Å². The summed E-state index contributed by atoms with van der Waals surface area (Å²) in [4.78, 5) is 4.87. The Labute approximate surface area is 169 Å². The van der Waals surface area contributed by atoms with Gasteiger partial charge in [0.15, 0.2) is 5.65 Å². The topological polar surface area (TPSA) is 89.2 Å². The van der Waals surface area contributed by atoms with Crippen molar-refractivity contribution in [1.29, 1.82) is 0 Å². The van der Waals surface area contributed by atoms with Gasteiger partial charge in [0.25, 0.3) is 0 Å². The second-order valence-corrected chi connectivity index (χ2v) is 9.17. The summed E-state index contributed by atoms with van der Waals surface area (Å²) in [5.74, 6) is 0.627. The molecule has 150 valence electrons. The summed E-state index contributed by atoms with van der Waals surface area (Å²) < 4.78 is 28.4. The molecule has 0 aliphatic carbocycles. The van der Waals surface area contributed by atoms with E-state index in [0.29, 0.717) is 11.4 Å². The van der Waals surface area contributed by atoms with Crippen LogP contribution in [0.3, 0.4) is 0 Å². The fraction of sp³-hybridized carbons (Fsp3) is 0.286. The SMILES string of the molecule is CCC(C)Nc1nc2c(S(=O)(=O)c3cc(C)ccc3C)nnn2c2ccccc12. The third-order valence-corrected chi connectivity index (χ3v) is 6.90. The van der Waals surface area contributed by atoms with Gasteiger partial charge in [-0.3, -0.25) is 0 Å². The molecule has 1 N–H and O–H groups in total. The minimum absolute atomic E-state index is 0.135. The molecule has 29 heavy (non-hydrogen) atoms. The normalized spacial score (nSPS) is 13.1. The fourth-order valence-electron chi connectivity index (χ4n) is 3.27. The minimum atomic E-state index is -3.88. The summed E-state index contributed by atoms with van der Waals surface area (Å²) in [6.45, 7) is 7.77. The van der Waals surface area contributed by atoms with Gasteiger partial charge in [0.1, 0.15) is 5.82 Å². The van der Waals surface area contributed by atoms with Gasteiger partial charge in [0.2, 0.25) is 14.9 Å². The molecule has 0 saturated carbocycles. The number of rotatable bonds is 5. The predicted octanol–water partition coefficient (Wildman–Crippen LogP) is 3.94. The molecule has 0 amide bonds. The highest BCUT2D eigenvalue weighted by Crippen LogP contribution is 2.29. The van der Waals surface area contributed by atoms with Crippen molar-refractivity contribution in [3.63, 3.8) is 0 Å². The van der Waals surface area contributed by atoms with E-state index < -0.39 is 9.84 Å². The fourth-order valence-corrected chi connectivity index (χ4v) is 4.82. The van der Waals surface area contributed by atoms with E-state index >= 15 is 0 Å². The molecule has 2 aromatic carbocycles. The van der Waals surface area contributed by atoms with Crippen LogP contribution in [-0.4, -0.2) is 34.3 Å². The van der Waals surface area contributed by atoms with Crippen LogP contribution in [0.2, 0.25) is 0 Å². The molecular formula is C21H23N5O2S. The van der Waals surface area contributed by atoms with Crippen molar-refractivity contribution in [1.82, 2.24) is 19.8 Å². The summed E-state index contributed by atoms with van der Waals surface area (Å²) >= 11 is 0. The number of nitrogens with one attached hydrogen (secondary N) is 1. The molecule has 2 heterocycles. The molecular weight excluding hydrogens is 386 g/mol. The Hall–Kier alpha value is -3.00. The van der Waals surface area contributed by atoms with Crippen molar-refractivity contribution in [2.24, 2.45) is 0 Å². The Kier molecular flexibility index (Phi) is 4.74. The first-order valence-corrected chi connectivity index (χ1v) is 11.0. The largest absolute Gasteiger partial charge is 0.367 e. The lowest BCUT2D eigenvalue weighted by Crippen LogP contribution is -2.15. The van der Waals surface area contributed by atoms with E-state index in [0.717, 1.165) is 22.9 Å². The Morgan fingerprint density at radius 1 is 1.14 bits per heavy atom. The molecule has 4 rings (SSSR count). The lowest BCUT2D eigenvalue weighted by Gasteiger charge is -2.15. The van der Waals surface area contributed by atoms with Gasteiger partial charge in [-0.05, 0) is 56.5 Å². The molecule has 0 radical (unpaired) electrons. The van der Waals surface area contributed by atoms with E-state index in [1.807, 2.05) is 37.3 Å². The summed E-state index contributed by atoms with van der Waals surface area (Å²) in [5.41, 5.74) is 2.49. The molecule has 4 aromatic rings. The van der Waals surface area contributed by atoms with Crippen LogP contribution in [0.15, 0.2) is 52.4 Å². The number of hydrogen-bond donors (Lipinski definition) is 1. The van der Waals surface area contributed by atoms with Crippen LogP contribution in [0.5, 0.6) is 0 Å². The highest BCUT2D eigenvalue weighted by atomic mass is 32.2. The maximum absolute atomic E-state index is 13.4. The van der Waals surface area contributed by atoms with Gasteiger partial charge >= 0.3 is 0 Å². The number of para-hydroxylation sites is 1. The average Bonchev–Trinajstić information content (AvgIpc) is 3.14. The zero-order chi connectivity index (χ0) is 20.8. The van der Waals surface area contributed by atoms with Crippen molar-refractivity contribution in [2.45, 2.75) is 50.1 Å². The Balaban J connectivity index is 2.01. The zero-order valence-corrected chi connectivity index (χ0v) is 17.7. The van der Waals surface area contributed by atoms with Gasteiger partial charge in [-0.2, -0.15) is 4.52 Å². The maximum atomic E-state index is 13.4. The smallest absolute Gasteiger partial charge is 0.229 e. The first-order valence-electron chi connectivity index (χ1n) is 9.56. The first kappa shape index (κ1) is 19.3. The summed E-state index contributed by atoms with van der Waals surface area (Å²) in [7, 11) is -3.88. The first-order chi connectivity index (χ1) is 13.8. The van der Waals surface area contributed by atoms with Crippen LogP contribution < -0.4 is 5.32 Å². The Bertz CT molecular complexity index is 1330. The van der Waals surface area contributed by atoms with Crippen LogP contribution in [0.4, 0.5) is 5.82 Å². The van der Waals surface area contributed by atoms with Crippen LogP contribution in [-0.2, 0) is 9.84 Å². The minimum Gasteiger partial charge on any atom is -0.367 e. The van der Waals surface area contributed by atoms with E-state index in [9.17, 15) is 8.42 Å². The lowest BCUT2D eigenvalue weighted by molar-refractivity contribution is 0.592. The van der Waals surface area contributed by atoms with Gasteiger partial charge in [-0.25, -0.2) is 13.4 Å². The number of hydrogen-bond acceptors (Lipinski definition) is 6. The monoisotopic (exact) mass is 409 g/mol. The zero-order valence-electron chi connectivity index (χ0n) is 16.8. The van der Waals surface area contributed by atoms with Crippen molar-refractivity contribution in [3.05, 3.63) is 53.6 Å². The number of fused-ring (bicyclic) bond motifs is 3. The number of nitrogens with zero attached hydrogens (tertiary/aromatic N) is 4. The van der Waals surface area contributed by atoms with Crippen molar-refractivity contribution in [3.8, 4) is 0 Å². The molecule has 0 bridgehead atoms. The molecule has 0 aliphatic heterocycles. The van der Waals surface area contributed by atoms with Crippen LogP contribution in [0, 0.1) is 13.8 Å². The summed E-state index contributed by atoms with van der Waals surface area (Å²) in [6, 6.07) is 13.2. The van der Waals surface area contributed by atoms with Crippen molar-refractivity contribution >= 4 is 32.2 Å². The highest BCUT2D eigenvalue weighted by molar-refractivity contribution is 7.91. The molecule has 8 heteroatoms. The van der Waals surface area contributed by atoms with Crippen molar-refractivity contribution in [2.75, 3.05) is 5.32 Å². The van der Waals surface area contributed by atoms with E-state index in [4.69, 9.17) is 0 Å². The van der Waals surface area contributed by atoms with Gasteiger partial charge in [-0.1, -0.05) is 36.4 Å².